The summed E-state index contributed by atoms with van der Waals surface area (Å²) >= 11 is 0. The molecule has 0 saturated carbocycles. The number of nitrogens with one attached hydrogen (secondary N) is 1. The van der Waals surface area contributed by atoms with Crippen LogP contribution < -0.4 is 5.32 Å². The number of hydrogen-bond acceptors (Lipinski definition) is 3. The maximum atomic E-state index is 11.4. The minimum Gasteiger partial charge on any atom is -0.478 e. The van der Waals surface area contributed by atoms with Crippen molar-refractivity contribution in [1.29, 1.82) is 0 Å². The fourth-order valence-corrected chi connectivity index (χ4v) is 1.70. The van der Waals surface area contributed by atoms with Gasteiger partial charge in [-0.25, -0.2) is 4.79 Å². The van der Waals surface area contributed by atoms with Gasteiger partial charge in [-0.05, 0) is 19.1 Å². The summed E-state index contributed by atoms with van der Waals surface area (Å²) in [5, 5.41) is 12.0. The number of carbonyl (C=O) groups excluding carboxylic acids is 1. The van der Waals surface area contributed by atoms with Crippen LogP contribution in [-0.4, -0.2) is 17.0 Å². The minimum absolute atomic E-state index is 0.335. The summed E-state index contributed by atoms with van der Waals surface area (Å²) in [5.41, 5.74) is 0.750. The van der Waals surface area contributed by atoms with Gasteiger partial charge in [-0.1, -0.05) is 18.2 Å². The molecule has 0 fully saturated rings. The van der Waals surface area contributed by atoms with Crippen molar-refractivity contribution in [3.05, 3.63) is 48.2 Å². The van der Waals surface area contributed by atoms with Crippen LogP contribution in [0.15, 0.2) is 46.9 Å². The van der Waals surface area contributed by atoms with Crippen molar-refractivity contribution in [3.63, 3.8) is 0 Å². The molecule has 0 bridgehead atoms. The summed E-state index contributed by atoms with van der Waals surface area (Å²) in [5.74, 6) is -1.01. The van der Waals surface area contributed by atoms with E-state index in [9.17, 15) is 9.59 Å². The average molecular weight is 259 g/mol. The van der Waals surface area contributed by atoms with Gasteiger partial charge in [0, 0.05) is 17.5 Å². The molecule has 1 atom stereocenters. The number of carboxylic acid groups (broad SMARTS) is 1. The Balaban J connectivity index is 2.09. The molecule has 0 radical (unpaired) electrons. The zero-order chi connectivity index (χ0) is 13.8. The molecule has 1 aromatic carbocycles. The predicted octanol–water partition coefficient (Wildman–Crippen LogP) is 2.25. The summed E-state index contributed by atoms with van der Waals surface area (Å²) in [7, 11) is 0. The molecule has 2 aromatic rings. The molecule has 19 heavy (non-hydrogen) atoms. The van der Waals surface area contributed by atoms with Crippen LogP contribution in [0, 0.1) is 0 Å². The summed E-state index contributed by atoms with van der Waals surface area (Å²) in [6.45, 7) is 1.77. The van der Waals surface area contributed by atoms with Gasteiger partial charge in [-0.15, -0.1) is 0 Å². The summed E-state index contributed by atoms with van der Waals surface area (Å²) in [4.78, 5) is 21.7. The van der Waals surface area contributed by atoms with Crippen molar-refractivity contribution in [2.24, 2.45) is 0 Å². The maximum absolute atomic E-state index is 11.4. The van der Waals surface area contributed by atoms with Gasteiger partial charge in [0.2, 0.25) is 5.91 Å². The molecule has 5 heteroatoms. The fourth-order valence-electron chi connectivity index (χ4n) is 1.70. The molecule has 1 unspecified atom stereocenters. The Morgan fingerprint density at radius 1 is 1.32 bits per heavy atom. The monoisotopic (exact) mass is 259 g/mol. The number of fused-ring (bicyclic) bond motifs is 1. The van der Waals surface area contributed by atoms with Crippen molar-refractivity contribution in [2.45, 2.75) is 13.0 Å². The highest BCUT2D eigenvalue weighted by atomic mass is 16.4. The van der Waals surface area contributed by atoms with E-state index in [4.69, 9.17) is 9.52 Å². The Labute approximate surface area is 109 Å². The second-order valence-corrected chi connectivity index (χ2v) is 4.09. The lowest BCUT2D eigenvalue weighted by atomic mass is 10.2. The van der Waals surface area contributed by atoms with Crippen LogP contribution in [0.5, 0.6) is 0 Å². The lowest BCUT2D eigenvalue weighted by Gasteiger charge is -2.08. The lowest BCUT2D eigenvalue weighted by Crippen LogP contribution is -2.24. The molecule has 1 aromatic heterocycles. The molecule has 0 spiro atoms. The van der Waals surface area contributed by atoms with Gasteiger partial charge in [-0.2, -0.15) is 0 Å². The van der Waals surface area contributed by atoms with E-state index in [1.807, 2.05) is 30.3 Å². The fraction of sp³-hybridized carbons (Fsp3) is 0.143. The summed E-state index contributed by atoms with van der Waals surface area (Å²) in [6, 6.07) is 9.05. The van der Waals surface area contributed by atoms with Crippen LogP contribution >= 0.6 is 0 Å². The van der Waals surface area contributed by atoms with Crippen molar-refractivity contribution in [1.82, 2.24) is 5.32 Å². The normalized spacial score (nSPS) is 12.7. The molecular formula is C14H13NO4. The van der Waals surface area contributed by atoms with Crippen LogP contribution in [0.25, 0.3) is 11.0 Å². The predicted molar refractivity (Wildman–Crippen MR) is 69.5 cm³/mol. The third-order valence-corrected chi connectivity index (χ3v) is 2.61. The van der Waals surface area contributed by atoms with Crippen molar-refractivity contribution in [2.75, 3.05) is 0 Å². The van der Waals surface area contributed by atoms with E-state index in [1.54, 1.807) is 6.92 Å². The third kappa shape index (κ3) is 3.22. The molecular weight excluding hydrogens is 246 g/mol. The van der Waals surface area contributed by atoms with Gasteiger partial charge in [0.05, 0.1) is 6.04 Å². The van der Waals surface area contributed by atoms with Gasteiger partial charge >= 0.3 is 5.97 Å². The quantitative estimate of drug-likeness (QED) is 0.825. The Hall–Kier alpha value is -2.56. The third-order valence-electron chi connectivity index (χ3n) is 2.61. The number of carbonyl (C=O) groups is 2. The summed E-state index contributed by atoms with van der Waals surface area (Å²) < 4.78 is 5.60. The van der Waals surface area contributed by atoms with Crippen LogP contribution in [-0.2, 0) is 9.59 Å². The number of amides is 1. The average Bonchev–Trinajstić information content (AvgIpc) is 2.80. The SMILES string of the molecule is CC(NC(=O)/C=C/C(=O)O)c1cc2ccccc2o1. The first kappa shape index (κ1) is 12.9. The smallest absolute Gasteiger partial charge is 0.328 e. The van der Waals surface area contributed by atoms with Crippen LogP contribution in [0.2, 0.25) is 0 Å². The maximum Gasteiger partial charge on any atom is 0.328 e. The first-order chi connectivity index (χ1) is 9.06. The van der Waals surface area contributed by atoms with Gasteiger partial charge < -0.3 is 14.8 Å². The molecule has 2 rings (SSSR count). The number of hydrogen-bond donors (Lipinski definition) is 2. The van der Waals surface area contributed by atoms with E-state index in [0.717, 1.165) is 23.1 Å². The molecule has 0 aliphatic carbocycles. The van der Waals surface area contributed by atoms with Crippen LogP contribution in [0.3, 0.4) is 0 Å². The van der Waals surface area contributed by atoms with E-state index < -0.39 is 11.9 Å². The van der Waals surface area contributed by atoms with Crippen LogP contribution in [0.4, 0.5) is 0 Å². The van der Waals surface area contributed by atoms with E-state index in [0.29, 0.717) is 5.76 Å². The molecule has 0 aliphatic heterocycles. The molecule has 5 nitrogen and oxygen atoms in total. The van der Waals surface area contributed by atoms with Gasteiger partial charge in [-0.3, -0.25) is 4.79 Å². The lowest BCUT2D eigenvalue weighted by molar-refractivity contribution is -0.131. The minimum atomic E-state index is -1.16. The van der Waals surface area contributed by atoms with Gasteiger partial charge in [0.15, 0.2) is 0 Å². The number of benzene rings is 1. The highest BCUT2D eigenvalue weighted by Gasteiger charge is 2.12. The zero-order valence-corrected chi connectivity index (χ0v) is 10.3. The molecule has 0 aliphatic rings. The number of rotatable bonds is 4. The Morgan fingerprint density at radius 3 is 2.74 bits per heavy atom. The first-order valence-corrected chi connectivity index (χ1v) is 5.76. The largest absolute Gasteiger partial charge is 0.478 e. The number of para-hydroxylation sites is 1. The van der Waals surface area contributed by atoms with Crippen molar-refractivity contribution < 1.29 is 19.1 Å². The molecule has 98 valence electrons. The van der Waals surface area contributed by atoms with E-state index in [2.05, 4.69) is 5.32 Å². The van der Waals surface area contributed by atoms with Crippen molar-refractivity contribution in [3.8, 4) is 0 Å². The first-order valence-electron chi connectivity index (χ1n) is 5.76. The second kappa shape index (κ2) is 5.39. The standard InChI is InChI=1S/C14H13NO4/c1-9(15-13(16)6-7-14(17)18)12-8-10-4-2-3-5-11(10)19-12/h2-9H,1H3,(H,15,16)(H,17,18)/b7-6+. The van der Waals surface area contributed by atoms with E-state index >= 15 is 0 Å². The van der Waals surface area contributed by atoms with Crippen LogP contribution in [0.1, 0.15) is 18.7 Å². The Bertz CT molecular complexity index is 609. The second-order valence-electron chi connectivity index (χ2n) is 4.09. The molecule has 2 N–H and O–H groups in total. The van der Waals surface area contributed by atoms with Gasteiger partial charge in [0.1, 0.15) is 11.3 Å². The topological polar surface area (TPSA) is 79.5 Å². The van der Waals surface area contributed by atoms with Crippen molar-refractivity contribution >= 4 is 22.8 Å². The highest BCUT2D eigenvalue weighted by molar-refractivity contribution is 5.94. The van der Waals surface area contributed by atoms with E-state index in [1.165, 1.54) is 0 Å². The number of furan rings is 1. The molecule has 1 amide bonds. The summed E-state index contributed by atoms with van der Waals surface area (Å²) in [6.07, 6.45) is 1.77. The Kier molecular flexibility index (Phi) is 3.66. The number of carboxylic acids is 1. The molecule has 1 heterocycles. The highest BCUT2D eigenvalue weighted by Crippen LogP contribution is 2.23. The number of aliphatic carboxylic acids is 1. The molecule has 0 saturated heterocycles. The van der Waals surface area contributed by atoms with Gasteiger partial charge in [0.25, 0.3) is 0 Å². The Morgan fingerprint density at radius 2 is 2.05 bits per heavy atom. The van der Waals surface area contributed by atoms with E-state index in [-0.39, 0.29) is 6.04 Å². The zero-order valence-electron chi connectivity index (χ0n) is 10.3.